The zero-order valence-corrected chi connectivity index (χ0v) is 10.7. The van der Waals surface area contributed by atoms with E-state index in [2.05, 4.69) is 4.90 Å². The van der Waals surface area contributed by atoms with Crippen molar-refractivity contribution in [2.45, 2.75) is 19.3 Å². The van der Waals surface area contributed by atoms with Gasteiger partial charge < -0.3 is 10.6 Å². The topological polar surface area (TPSA) is 29.3 Å². The van der Waals surface area contributed by atoms with Crippen molar-refractivity contribution in [2.75, 3.05) is 18.0 Å². The molecule has 0 bridgehead atoms. The average Bonchev–Trinajstić information content (AvgIpc) is 2.29. The van der Waals surface area contributed by atoms with Gasteiger partial charge in [-0.15, -0.1) is 0 Å². The van der Waals surface area contributed by atoms with E-state index in [0.29, 0.717) is 10.0 Å². The third-order valence-electron chi connectivity index (χ3n) is 2.93. The van der Waals surface area contributed by atoms with Gasteiger partial charge in [-0.2, -0.15) is 0 Å². The molecule has 1 saturated heterocycles. The Balaban J connectivity index is 2.38. The monoisotopic (exact) mass is 254 g/mol. The van der Waals surface area contributed by atoms with E-state index in [-0.39, 0.29) is 0 Å². The second kappa shape index (κ2) is 5.02. The molecular formula is C12H15ClN2S. The maximum atomic E-state index is 6.15. The second-order valence-corrected chi connectivity index (χ2v) is 4.89. The lowest BCUT2D eigenvalue weighted by molar-refractivity contribution is 0.577. The summed E-state index contributed by atoms with van der Waals surface area (Å²) in [5.41, 5.74) is 7.65. The summed E-state index contributed by atoms with van der Waals surface area (Å²) in [5, 5.41) is 0.649. The number of nitrogens with two attached hydrogens (primary N) is 1. The average molecular weight is 255 g/mol. The quantitative estimate of drug-likeness (QED) is 0.823. The molecule has 1 heterocycles. The van der Waals surface area contributed by atoms with E-state index >= 15 is 0 Å². The molecule has 0 aromatic heterocycles. The number of piperidine rings is 1. The molecule has 2 nitrogen and oxygen atoms in total. The highest BCUT2D eigenvalue weighted by molar-refractivity contribution is 7.80. The minimum absolute atomic E-state index is 0.381. The Morgan fingerprint density at radius 1 is 1.25 bits per heavy atom. The van der Waals surface area contributed by atoms with Gasteiger partial charge >= 0.3 is 0 Å². The fraction of sp³-hybridized carbons (Fsp3) is 0.417. The first-order valence-electron chi connectivity index (χ1n) is 5.53. The lowest BCUT2D eigenvalue weighted by atomic mass is 10.1. The van der Waals surface area contributed by atoms with Crippen molar-refractivity contribution in [3.8, 4) is 0 Å². The molecule has 0 spiro atoms. The van der Waals surface area contributed by atoms with Crippen molar-refractivity contribution in [3.05, 3.63) is 28.8 Å². The van der Waals surface area contributed by atoms with Crippen LogP contribution in [-0.2, 0) is 0 Å². The zero-order chi connectivity index (χ0) is 11.5. The Labute approximate surface area is 106 Å². The number of hydrogen-bond acceptors (Lipinski definition) is 2. The number of hydrogen-bond donors (Lipinski definition) is 1. The van der Waals surface area contributed by atoms with Crippen LogP contribution in [0, 0.1) is 0 Å². The number of halogens is 1. The van der Waals surface area contributed by atoms with Crippen LogP contribution in [0.3, 0.4) is 0 Å². The number of nitrogens with zero attached hydrogens (tertiary/aromatic N) is 1. The number of thiocarbonyl (C=S) groups is 1. The number of benzene rings is 1. The second-order valence-electron chi connectivity index (χ2n) is 4.05. The van der Waals surface area contributed by atoms with Gasteiger partial charge in [0, 0.05) is 18.8 Å². The molecule has 0 aliphatic carbocycles. The number of rotatable bonds is 2. The van der Waals surface area contributed by atoms with E-state index < -0.39 is 0 Å². The summed E-state index contributed by atoms with van der Waals surface area (Å²) in [5.74, 6) is 0. The summed E-state index contributed by atoms with van der Waals surface area (Å²) in [6.45, 7) is 2.13. The summed E-state index contributed by atoms with van der Waals surface area (Å²) in [4.78, 5) is 2.70. The maximum absolute atomic E-state index is 6.15. The molecule has 1 aliphatic heterocycles. The molecule has 0 saturated carbocycles. The lowest BCUT2D eigenvalue weighted by Gasteiger charge is -2.30. The van der Waals surface area contributed by atoms with Crippen molar-refractivity contribution >= 4 is 34.5 Å². The molecule has 1 fully saturated rings. The molecule has 0 amide bonds. The molecule has 0 radical (unpaired) electrons. The molecule has 1 aliphatic rings. The van der Waals surface area contributed by atoms with Crippen LogP contribution in [0.25, 0.3) is 0 Å². The Morgan fingerprint density at radius 2 is 1.94 bits per heavy atom. The van der Waals surface area contributed by atoms with E-state index in [9.17, 15) is 0 Å². The standard InChI is InChI=1S/C12H15ClN2S/c13-9-5-4-6-10(11(9)12(14)16)15-7-2-1-3-8-15/h4-6H,1-3,7-8H2,(H2,14,16). The Kier molecular flexibility index (Phi) is 3.66. The van der Waals surface area contributed by atoms with E-state index in [4.69, 9.17) is 29.6 Å². The van der Waals surface area contributed by atoms with Crippen LogP contribution in [0.5, 0.6) is 0 Å². The van der Waals surface area contributed by atoms with Gasteiger partial charge in [0.1, 0.15) is 4.99 Å². The van der Waals surface area contributed by atoms with Gasteiger partial charge in [0.25, 0.3) is 0 Å². The first kappa shape index (κ1) is 11.7. The predicted molar refractivity (Wildman–Crippen MR) is 73.4 cm³/mol. The van der Waals surface area contributed by atoms with Crippen molar-refractivity contribution in [1.82, 2.24) is 0 Å². The summed E-state index contributed by atoms with van der Waals surface area (Å²) in [7, 11) is 0. The molecule has 1 aromatic rings. The molecule has 1 aromatic carbocycles. The fourth-order valence-electron chi connectivity index (χ4n) is 2.16. The summed E-state index contributed by atoms with van der Waals surface area (Å²) < 4.78 is 0. The van der Waals surface area contributed by atoms with Gasteiger partial charge in [-0.25, -0.2) is 0 Å². The van der Waals surface area contributed by atoms with Gasteiger partial charge in [-0.05, 0) is 31.4 Å². The van der Waals surface area contributed by atoms with Crippen molar-refractivity contribution in [1.29, 1.82) is 0 Å². The van der Waals surface area contributed by atoms with Gasteiger partial charge in [0.05, 0.1) is 10.6 Å². The highest BCUT2D eigenvalue weighted by atomic mass is 35.5. The summed E-state index contributed by atoms with van der Waals surface area (Å²) >= 11 is 11.2. The van der Waals surface area contributed by atoms with E-state index in [0.717, 1.165) is 24.3 Å². The van der Waals surface area contributed by atoms with E-state index in [1.54, 1.807) is 0 Å². The Bertz CT molecular complexity index is 400. The van der Waals surface area contributed by atoms with Crippen molar-refractivity contribution < 1.29 is 0 Å². The third kappa shape index (κ3) is 2.30. The molecule has 2 rings (SSSR count). The summed E-state index contributed by atoms with van der Waals surface area (Å²) in [6, 6.07) is 5.84. The summed E-state index contributed by atoms with van der Waals surface area (Å²) in [6.07, 6.45) is 3.76. The predicted octanol–water partition coefficient (Wildman–Crippen LogP) is 2.96. The molecule has 16 heavy (non-hydrogen) atoms. The molecule has 0 atom stereocenters. The maximum Gasteiger partial charge on any atom is 0.107 e. The van der Waals surface area contributed by atoms with Crippen LogP contribution in [0.4, 0.5) is 5.69 Å². The van der Waals surface area contributed by atoms with Crippen LogP contribution < -0.4 is 10.6 Å². The van der Waals surface area contributed by atoms with Gasteiger partial charge in [0.2, 0.25) is 0 Å². The van der Waals surface area contributed by atoms with E-state index in [1.807, 2.05) is 18.2 Å². The third-order valence-corrected chi connectivity index (χ3v) is 3.45. The highest BCUT2D eigenvalue weighted by Crippen LogP contribution is 2.29. The van der Waals surface area contributed by atoms with Crippen LogP contribution in [0.2, 0.25) is 5.02 Å². The molecule has 4 heteroatoms. The van der Waals surface area contributed by atoms with Gasteiger partial charge in [-0.1, -0.05) is 29.9 Å². The van der Waals surface area contributed by atoms with Gasteiger partial charge in [0.15, 0.2) is 0 Å². The van der Waals surface area contributed by atoms with Crippen LogP contribution >= 0.6 is 23.8 Å². The normalized spacial score (nSPS) is 16.2. The van der Waals surface area contributed by atoms with Crippen LogP contribution in [-0.4, -0.2) is 18.1 Å². The fourth-order valence-corrected chi connectivity index (χ4v) is 2.70. The zero-order valence-electron chi connectivity index (χ0n) is 9.08. The Hall–Kier alpha value is -0.800. The van der Waals surface area contributed by atoms with Crippen molar-refractivity contribution in [2.24, 2.45) is 5.73 Å². The lowest BCUT2D eigenvalue weighted by Crippen LogP contribution is -2.31. The minimum Gasteiger partial charge on any atom is -0.389 e. The molecular weight excluding hydrogens is 240 g/mol. The largest absolute Gasteiger partial charge is 0.389 e. The van der Waals surface area contributed by atoms with Gasteiger partial charge in [-0.3, -0.25) is 0 Å². The first-order chi connectivity index (χ1) is 7.70. The number of anilines is 1. The van der Waals surface area contributed by atoms with Crippen LogP contribution in [0.15, 0.2) is 18.2 Å². The molecule has 2 N–H and O–H groups in total. The molecule has 0 unspecified atom stereocenters. The smallest absolute Gasteiger partial charge is 0.107 e. The Morgan fingerprint density at radius 3 is 2.56 bits per heavy atom. The van der Waals surface area contributed by atoms with Crippen LogP contribution in [0.1, 0.15) is 24.8 Å². The molecule has 86 valence electrons. The highest BCUT2D eigenvalue weighted by Gasteiger charge is 2.17. The minimum atomic E-state index is 0.381. The SMILES string of the molecule is NC(=S)c1c(Cl)cccc1N1CCCCC1. The first-order valence-corrected chi connectivity index (χ1v) is 6.32. The van der Waals surface area contributed by atoms with E-state index in [1.165, 1.54) is 19.3 Å². The van der Waals surface area contributed by atoms with Crippen molar-refractivity contribution in [3.63, 3.8) is 0 Å².